The minimum Gasteiger partial charge on any atom is -0.245 e. The molecule has 0 fully saturated rings. The molecule has 1 aromatic heterocycles. The van der Waals surface area contributed by atoms with E-state index >= 15 is 0 Å². The lowest BCUT2D eigenvalue weighted by molar-refractivity contribution is -0.676. The fraction of sp³-hybridized carbons (Fsp3) is 0.842. The highest BCUT2D eigenvalue weighted by atomic mass is 15.0. The second-order valence-corrected chi connectivity index (χ2v) is 6.61. The molecule has 1 aromatic rings. The van der Waals surface area contributed by atoms with Gasteiger partial charge in [-0.3, -0.25) is 0 Å². The van der Waals surface area contributed by atoms with Gasteiger partial charge in [-0.2, -0.15) is 0 Å². The van der Waals surface area contributed by atoms with Gasteiger partial charge in [0.1, 0.15) is 11.9 Å². The second-order valence-electron chi connectivity index (χ2n) is 6.61. The van der Waals surface area contributed by atoms with Gasteiger partial charge < -0.3 is 0 Å². The monoisotopic (exact) mass is 293 g/mol. The van der Waals surface area contributed by atoms with Crippen molar-refractivity contribution in [2.75, 3.05) is 0 Å². The van der Waals surface area contributed by atoms with Gasteiger partial charge in [0.05, 0.1) is 7.05 Å². The Morgan fingerprint density at radius 2 is 1.29 bits per heavy atom. The third kappa shape index (κ3) is 8.95. The lowest BCUT2D eigenvalue weighted by Gasteiger charge is -2.02. The van der Waals surface area contributed by atoms with Gasteiger partial charge in [-0.1, -0.05) is 77.6 Å². The summed E-state index contributed by atoms with van der Waals surface area (Å²) in [4.78, 5) is 3.45. The summed E-state index contributed by atoms with van der Waals surface area (Å²) in [7, 11) is 2.11. The minimum atomic E-state index is 1.21. The van der Waals surface area contributed by atoms with E-state index in [0.29, 0.717) is 0 Å². The number of nitrogens with zero attached hydrogens (tertiary/aromatic N) is 1. The zero-order valence-corrected chi connectivity index (χ0v) is 14.7. The van der Waals surface area contributed by atoms with E-state index in [1.807, 2.05) is 0 Å². The van der Waals surface area contributed by atoms with Crippen LogP contribution < -0.4 is 4.57 Å². The highest BCUT2D eigenvalue weighted by Gasteiger charge is 2.06. The quantitative estimate of drug-likeness (QED) is 0.371. The molecule has 0 aliphatic carbocycles. The smallest absolute Gasteiger partial charge is 0.245 e. The maximum atomic E-state index is 3.45. The third-order valence-corrected chi connectivity index (χ3v) is 4.52. The molecule has 0 aromatic carbocycles. The van der Waals surface area contributed by atoms with E-state index in [2.05, 4.69) is 36.6 Å². The molecule has 2 nitrogen and oxygen atoms in total. The first-order valence-electron chi connectivity index (χ1n) is 9.28. The molecule has 0 atom stereocenters. The van der Waals surface area contributed by atoms with E-state index in [9.17, 15) is 0 Å². The summed E-state index contributed by atoms with van der Waals surface area (Å²) in [5.74, 6) is 1.25. The first kappa shape index (κ1) is 18.3. The largest absolute Gasteiger partial charge is 0.251 e. The van der Waals surface area contributed by atoms with E-state index in [0.717, 1.165) is 0 Å². The lowest BCUT2D eigenvalue weighted by Crippen LogP contribution is -2.28. The molecule has 1 N–H and O–H groups in total. The van der Waals surface area contributed by atoms with Crippen LogP contribution in [-0.2, 0) is 13.5 Å². The number of hydrogen-bond donors (Lipinski definition) is 1. The van der Waals surface area contributed by atoms with Gasteiger partial charge in [-0.15, -0.1) is 0 Å². The first-order chi connectivity index (χ1) is 10.2. The number of nitrogens with one attached hydrogen (secondary N) is 1. The predicted molar refractivity (Wildman–Crippen MR) is 91.5 cm³/mol. The van der Waals surface area contributed by atoms with Crippen LogP contribution in [0.2, 0.25) is 0 Å². The Hall–Kier alpha value is -0.790. The SMILES string of the molecule is CCCCCCCCCCCCCCc1c[n+](C)c(C)[nH]1. The van der Waals surface area contributed by atoms with E-state index in [4.69, 9.17) is 0 Å². The van der Waals surface area contributed by atoms with Crippen molar-refractivity contribution in [2.45, 2.75) is 97.3 Å². The van der Waals surface area contributed by atoms with Crippen LogP contribution in [0.4, 0.5) is 0 Å². The maximum absolute atomic E-state index is 3.45. The van der Waals surface area contributed by atoms with Crippen LogP contribution in [0.15, 0.2) is 6.20 Å². The first-order valence-corrected chi connectivity index (χ1v) is 9.28. The summed E-state index contributed by atoms with van der Waals surface area (Å²) < 4.78 is 2.18. The molecule has 0 aliphatic rings. The number of aromatic nitrogens is 2. The van der Waals surface area contributed by atoms with E-state index in [1.54, 1.807) is 0 Å². The lowest BCUT2D eigenvalue weighted by atomic mass is 10.0. The number of imidazole rings is 1. The van der Waals surface area contributed by atoms with Gasteiger partial charge in [0.15, 0.2) is 0 Å². The van der Waals surface area contributed by atoms with Gasteiger partial charge in [-0.25, -0.2) is 9.55 Å². The molecule has 21 heavy (non-hydrogen) atoms. The normalized spacial score (nSPS) is 11.2. The Labute approximate surface area is 132 Å². The number of unbranched alkanes of at least 4 members (excludes halogenated alkanes) is 11. The Bertz CT molecular complexity index is 335. The van der Waals surface area contributed by atoms with Gasteiger partial charge in [0.2, 0.25) is 0 Å². The Balaban J connectivity index is 1.82. The van der Waals surface area contributed by atoms with Crippen molar-refractivity contribution >= 4 is 0 Å². The summed E-state index contributed by atoms with van der Waals surface area (Å²) >= 11 is 0. The summed E-state index contributed by atoms with van der Waals surface area (Å²) in [5.41, 5.74) is 1.39. The van der Waals surface area contributed by atoms with Crippen molar-refractivity contribution in [3.05, 3.63) is 17.7 Å². The van der Waals surface area contributed by atoms with Crippen molar-refractivity contribution in [1.82, 2.24) is 4.98 Å². The molecular formula is C19H37N2+. The molecule has 0 bridgehead atoms. The molecule has 1 heterocycles. The molecular weight excluding hydrogens is 256 g/mol. The summed E-state index contributed by atoms with van der Waals surface area (Å²) in [6.07, 6.45) is 20.5. The Kier molecular flexibility index (Phi) is 10.3. The van der Waals surface area contributed by atoms with Crippen LogP contribution >= 0.6 is 0 Å². The van der Waals surface area contributed by atoms with Gasteiger partial charge in [-0.05, 0) is 6.42 Å². The predicted octanol–water partition coefficient (Wildman–Crippen LogP) is 5.39. The highest BCUT2D eigenvalue weighted by molar-refractivity contribution is 4.93. The van der Waals surface area contributed by atoms with Crippen LogP contribution in [0.25, 0.3) is 0 Å². The Morgan fingerprint density at radius 1 is 0.810 bits per heavy atom. The number of aromatic amines is 1. The molecule has 2 heteroatoms. The van der Waals surface area contributed by atoms with Crippen LogP contribution in [0, 0.1) is 6.92 Å². The standard InChI is InChI=1S/C19H36N2/c1-4-5-6-7-8-9-10-11-12-13-14-15-16-19-17-21(3)18(2)20-19/h17H,4-16H2,1-3H3/p+1. The fourth-order valence-electron chi connectivity index (χ4n) is 2.97. The van der Waals surface area contributed by atoms with Crippen LogP contribution in [0.3, 0.4) is 0 Å². The van der Waals surface area contributed by atoms with Crippen molar-refractivity contribution in [3.63, 3.8) is 0 Å². The maximum Gasteiger partial charge on any atom is 0.251 e. The zero-order valence-electron chi connectivity index (χ0n) is 14.7. The Morgan fingerprint density at radius 3 is 1.71 bits per heavy atom. The second kappa shape index (κ2) is 11.8. The summed E-state index contributed by atoms with van der Waals surface area (Å²) in [6.45, 7) is 4.42. The van der Waals surface area contributed by atoms with Crippen molar-refractivity contribution in [1.29, 1.82) is 0 Å². The summed E-state index contributed by atoms with van der Waals surface area (Å²) in [6, 6.07) is 0. The average molecular weight is 294 g/mol. The van der Waals surface area contributed by atoms with Crippen LogP contribution in [0.1, 0.15) is 95.5 Å². The van der Waals surface area contributed by atoms with Gasteiger partial charge >= 0.3 is 0 Å². The molecule has 0 aliphatic heterocycles. The molecule has 0 spiro atoms. The fourth-order valence-corrected chi connectivity index (χ4v) is 2.97. The average Bonchev–Trinajstić information content (AvgIpc) is 2.79. The van der Waals surface area contributed by atoms with Crippen molar-refractivity contribution in [2.24, 2.45) is 7.05 Å². The van der Waals surface area contributed by atoms with Crippen molar-refractivity contribution in [3.8, 4) is 0 Å². The summed E-state index contributed by atoms with van der Waals surface area (Å²) in [5, 5.41) is 0. The molecule has 1 rings (SSSR count). The number of rotatable bonds is 13. The molecule has 0 saturated carbocycles. The number of hydrogen-bond acceptors (Lipinski definition) is 0. The molecule has 122 valence electrons. The molecule has 0 unspecified atom stereocenters. The van der Waals surface area contributed by atoms with Gasteiger partial charge in [0.25, 0.3) is 5.82 Å². The zero-order chi connectivity index (χ0) is 15.3. The minimum absolute atomic E-state index is 1.21. The highest BCUT2D eigenvalue weighted by Crippen LogP contribution is 2.12. The van der Waals surface area contributed by atoms with Crippen LogP contribution in [-0.4, -0.2) is 4.98 Å². The van der Waals surface area contributed by atoms with Gasteiger partial charge in [0, 0.05) is 13.3 Å². The van der Waals surface area contributed by atoms with Crippen LogP contribution in [0.5, 0.6) is 0 Å². The number of aryl methyl sites for hydroxylation is 3. The van der Waals surface area contributed by atoms with E-state index in [1.165, 1.54) is 95.0 Å². The third-order valence-electron chi connectivity index (χ3n) is 4.52. The molecule has 0 amide bonds. The topological polar surface area (TPSA) is 19.7 Å². The molecule has 0 saturated heterocycles. The van der Waals surface area contributed by atoms with E-state index in [-0.39, 0.29) is 0 Å². The molecule has 0 radical (unpaired) electrons. The van der Waals surface area contributed by atoms with E-state index < -0.39 is 0 Å². The van der Waals surface area contributed by atoms with Crippen molar-refractivity contribution < 1.29 is 4.57 Å². The number of H-pyrrole nitrogens is 1.